The Morgan fingerprint density at radius 3 is 2.66 bits per heavy atom. The Morgan fingerprint density at radius 2 is 1.97 bits per heavy atom. The number of amides is 2. The number of halogens is 3. The summed E-state index contributed by atoms with van der Waals surface area (Å²) in [5, 5.41) is 19.3. The van der Waals surface area contributed by atoms with Crippen LogP contribution in [0.5, 0.6) is 0 Å². The number of benzene rings is 2. The predicted molar refractivity (Wildman–Crippen MR) is 148 cm³/mol. The Hall–Kier alpha value is -2.96. The molecule has 2 amide bonds. The van der Waals surface area contributed by atoms with Gasteiger partial charge >= 0.3 is 0 Å². The molecule has 3 aromatic rings. The van der Waals surface area contributed by atoms with E-state index in [4.69, 9.17) is 23.2 Å². The van der Waals surface area contributed by atoms with Crippen LogP contribution >= 0.6 is 34.5 Å². The number of nitrogens with one attached hydrogen (secondary N) is 3. The van der Waals surface area contributed by atoms with Gasteiger partial charge < -0.3 is 16.0 Å². The van der Waals surface area contributed by atoms with E-state index in [-0.39, 0.29) is 21.9 Å². The molecule has 0 unspecified atom stereocenters. The molecule has 0 saturated carbocycles. The summed E-state index contributed by atoms with van der Waals surface area (Å²) >= 11 is 13.6. The van der Waals surface area contributed by atoms with Crippen molar-refractivity contribution in [3.8, 4) is 6.07 Å². The number of hydrogen-bond acceptors (Lipinski definition) is 5. The molecule has 3 N–H and O–H groups in total. The summed E-state index contributed by atoms with van der Waals surface area (Å²) < 4.78 is 15.8. The fourth-order valence-electron chi connectivity index (χ4n) is 5.82. The van der Waals surface area contributed by atoms with Gasteiger partial charge in [-0.05, 0) is 53.3 Å². The van der Waals surface area contributed by atoms with Crippen molar-refractivity contribution in [3.05, 3.63) is 80.4 Å². The lowest BCUT2D eigenvalue weighted by atomic mass is 9.62. The number of fused-ring (bicyclic) bond motifs is 2. The Morgan fingerprint density at radius 1 is 1.21 bits per heavy atom. The number of nitriles is 1. The largest absolute Gasteiger partial charge is 0.325 e. The summed E-state index contributed by atoms with van der Waals surface area (Å²) in [4.78, 5) is 28.4. The number of nitrogens with zero attached hydrogens (tertiary/aromatic N) is 1. The second-order valence-electron chi connectivity index (χ2n) is 10.9. The standard InChI is InChI=1S/C28H25Cl2FN4O2S/c1-27(2,3)12-20-28(17-9-7-14(29)11-19(17)33-26(28)37)22(16-5-4-6-18(30)23(16)31)24(34-20)25(36)35-21-10-8-15(13-32)38-21/h4-11,20,22,24,34H,12H2,1-3H3,(H,33,37)(H,35,36)/t20-,22-,24+,28+/m0/s1. The normalized spacial score (nSPS) is 24.2. The first-order valence-corrected chi connectivity index (χ1v) is 13.6. The highest BCUT2D eigenvalue weighted by molar-refractivity contribution is 7.16. The Balaban J connectivity index is 1.72. The fraction of sp³-hybridized carbons (Fsp3) is 0.321. The number of rotatable bonds is 4. The lowest BCUT2D eigenvalue weighted by Crippen LogP contribution is -2.49. The van der Waals surface area contributed by atoms with Crippen LogP contribution in [0.15, 0.2) is 48.5 Å². The molecule has 38 heavy (non-hydrogen) atoms. The molecular formula is C28H25Cl2FN4O2S. The molecule has 2 aliphatic heterocycles. The maximum absolute atomic E-state index is 15.8. The molecule has 1 fully saturated rings. The number of hydrogen-bond donors (Lipinski definition) is 3. The highest BCUT2D eigenvalue weighted by atomic mass is 35.5. The van der Waals surface area contributed by atoms with E-state index in [1.54, 1.807) is 42.5 Å². The average Bonchev–Trinajstić information content (AvgIpc) is 3.50. The van der Waals surface area contributed by atoms with Gasteiger partial charge in [0, 0.05) is 22.7 Å². The fourth-order valence-corrected chi connectivity index (χ4v) is 6.88. The summed E-state index contributed by atoms with van der Waals surface area (Å²) in [5.41, 5.74) is -0.208. The Kier molecular flexibility index (Phi) is 6.77. The van der Waals surface area contributed by atoms with Crippen LogP contribution in [0.3, 0.4) is 0 Å². The molecule has 1 aromatic heterocycles. The van der Waals surface area contributed by atoms with E-state index in [0.717, 1.165) is 11.3 Å². The average molecular weight is 572 g/mol. The third kappa shape index (κ3) is 4.38. The van der Waals surface area contributed by atoms with Crippen LogP contribution in [0.2, 0.25) is 10.0 Å². The lowest BCUT2D eigenvalue weighted by molar-refractivity contribution is -0.122. The van der Waals surface area contributed by atoms with Crippen LogP contribution in [0.1, 0.15) is 49.1 Å². The maximum atomic E-state index is 15.8. The predicted octanol–water partition coefficient (Wildman–Crippen LogP) is 6.45. The van der Waals surface area contributed by atoms with Crippen molar-refractivity contribution < 1.29 is 14.0 Å². The van der Waals surface area contributed by atoms with Gasteiger partial charge in [0.15, 0.2) is 0 Å². The Bertz CT molecular complexity index is 1490. The van der Waals surface area contributed by atoms with Gasteiger partial charge in [-0.15, -0.1) is 11.3 Å². The summed E-state index contributed by atoms with van der Waals surface area (Å²) in [7, 11) is 0. The number of thiophene rings is 1. The second kappa shape index (κ2) is 9.65. The molecule has 0 aliphatic carbocycles. The van der Waals surface area contributed by atoms with Gasteiger partial charge in [-0.3, -0.25) is 9.59 Å². The van der Waals surface area contributed by atoms with Crippen LogP contribution in [-0.2, 0) is 15.0 Å². The van der Waals surface area contributed by atoms with Crippen molar-refractivity contribution in [2.45, 2.75) is 50.6 Å². The minimum atomic E-state index is -1.33. The molecule has 1 spiro atoms. The van der Waals surface area contributed by atoms with Crippen molar-refractivity contribution in [3.63, 3.8) is 0 Å². The molecular weight excluding hydrogens is 546 g/mol. The molecule has 0 bridgehead atoms. The van der Waals surface area contributed by atoms with E-state index in [1.807, 2.05) is 0 Å². The van der Waals surface area contributed by atoms with Gasteiger partial charge in [0.05, 0.1) is 16.1 Å². The summed E-state index contributed by atoms with van der Waals surface area (Å²) in [5.74, 6) is -2.38. The maximum Gasteiger partial charge on any atom is 0.242 e. The zero-order chi connectivity index (χ0) is 27.4. The second-order valence-corrected chi connectivity index (χ2v) is 12.8. The minimum Gasteiger partial charge on any atom is -0.325 e. The first-order chi connectivity index (χ1) is 18.0. The van der Waals surface area contributed by atoms with Crippen LogP contribution in [0, 0.1) is 22.6 Å². The number of carbonyl (C=O) groups excluding carboxylic acids is 2. The van der Waals surface area contributed by atoms with Crippen LogP contribution in [0.25, 0.3) is 0 Å². The molecule has 6 nitrogen and oxygen atoms in total. The molecule has 0 radical (unpaired) electrons. The van der Waals surface area contributed by atoms with Crippen molar-refractivity contribution in [1.82, 2.24) is 5.32 Å². The van der Waals surface area contributed by atoms with Crippen LogP contribution < -0.4 is 16.0 Å². The summed E-state index contributed by atoms with van der Waals surface area (Å²) in [6, 6.07) is 13.6. The van der Waals surface area contributed by atoms with Crippen molar-refractivity contribution in [2.24, 2.45) is 5.41 Å². The molecule has 10 heteroatoms. The molecule has 2 aliphatic rings. The molecule has 1 saturated heterocycles. The lowest BCUT2D eigenvalue weighted by Gasteiger charge is -2.37. The van der Waals surface area contributed by atoms with Gasteiger partial charge in [0.1, 0.15) is 22.2 Å². The summed E-state index contributed by atoms with van der Waals surface area (Å²) in [6.07, 6.45) is 0.516. The Labute approximate surface area is 234 Å². The topological polar surface area (TPSA) is 94.0 Å². The smallest absolute Gasteiger partial charge is 0.242 e. The van der Waals surface area contributed by atoms with Gasteiger partial charge in [0.25, 0.3) is 0 Å². The minimum absolute atomic E-state index is 0.0947. The van der Waals surface area contributed by atoms with Crippen molar-refractivity contribution >= 4 is 57.0 Å². The summed E-state index contributed by atoms with van der Waals surface area (Å²) in [6.45, 7) is 6.15. The molecule has 3 heterocycles. The van der Waals surface area contributed by atoms with E-state index in [9.17, 15) is 14.9 Å². The van der Waals surface area contributed by atoms with E-state index in [0.29, 0.717) is 32.6 Å². The molecule has 2 aromatic carbocycles. The van der Waals surface area contributed by atoms with E-state index >= 15 is 4.39 Å². The third-order valence-corrected chi connectivity index (χ3v) is 8.62. The third-order valence-electron chi connectivity index (χ3n) is 7.18. The number of carbonyl (C=O) groups is 2. The SMILES string of the molecule is CC(C)(C)C[C@@H]1N[C@@H](C(=O)Nc2ccc(C#N)s2)[C@H](c2cccc(Cl)c2F)[C@]12C(=O)Nc1cc(Cl)ccc12. The van der Waals surface area contributed by atoms with Gasteiger partial charge in [-0.25, -0.2) is 4.39 Å². The van der Waals surface area contributed by atoms with Crippen molar-refractivity contribution in [1.29, 1.82) is 5.26 Å². The van der Waals surface area contributed by atoms with E-state index in [1.165, 1.54) is 6.07 Å². The van der Waals surface area contributed by atoms with Gasteiger partial charge in [-0.1, -0.05) is 62.2 Å². The first-order valence-electron chi connectivity index (χ1n) is 12.1. The van der Waals surface area contributed by atoms with Crippen LogP contribution in [-0.4, -0.2) is 23.9 Å². The van der Waals surface area contributed by atoms with Gasteiger partial charge in [-0.2, -0.15) is 5.26 Å². The van der Waals surface area contributed by atoms with E-state index in [2.05, 4.69) is 42.8 Å². The monoisotopic (exact) mass is 570 g/mol. The van der Waals surface area contributed by atoms with E-state index < -0.39 is 35.1 Å². The quantitative estimate of drug-likeness (QED) is 0.335. The van der Waals surface area contributed by atoms with Crippen LogP contribution in [0.4, 0.5) is 15.1 Å². The first kappa shape index (κ1) is 26.6. The van der Waals surface area contributed by atoms with Crippen molar-refractivity contribution in [2.75, 3.05) is 10.6 Å². The highest BCUT2D eigenvalue weighted by Crippen LogP contribution is 2.57. The highest BCUT2D eigenvalue weighted by Gasteiger charge is 2.66. The molecule has 5 rings (SSSR count). The van der Waals surface area contributed by atoms with Gasteiger partial charge in [0.2, 0.25) is 11.8 Å². The zero-order valence-corrected chi connectivity index (χ0v) is 23.2. The molecule has 196 valence electrons. The molecule has 4 atom stereocenters. The number of anilines is 2. The zero-order valence-electron chi connectivity index (χ0n) is 20.9.